The molecule has 1 aromatic heterocycles. The van der Waals surface area contributed by atoms with Gasteiger partial charge in [-0.1, -0.05) is 18.2 Å². The van der Waals surface area contributed by atoms with Crippen LogP contribution in [0.2, 0.25) is 0 Å². The highest BCUT2D eigenvalue weighted by molar-refractivity contribution is 7.98. The Hall–Kier alpha value is -4.31. The molecule has 0 saturated carbocycles. The van der Waals surface area contributed by atoms with Crippen LogP contribution < -0.4 is 33.2 Å². The summed E-state index contributed by atoms with van der Waals surface area (Å²) in [5.74, 6) is -4.14. The van der Waals surface area contributed by atoms with E-state index in [1.165, 1.54) is 11.8 Å². The van der Waals surface area contributed by atoms with E-state index in [1.54, 1.807) is 6.20 Å². The fourth-order valence-corrected chi connectivity index (χ4v) is 4.70. The van der Waals surface area contributed by atoms with Crippen molar-refractivity contribution in [1.29, 1.82) is 0 Å². The molecule has 16 heteroatoms. The van der Waals surface area contributed by atoms with Crippen LogP contribution >= 0.6 is 11.8 Å². The number of hydrogen-bond acceptors (Lipinski definition) is 8. The minimum Gasteiger partial charge on any atom is -0.481 e. The van der Waals surface area contributed by atoms with E-state index < -0.39 is 53.8 Å². The Kier molecular flexibility index (Phi) is 14.3. The molecule has 2 aromatic rings. The lowest BCUT2D eigenvalue weighted by molar-refractivity contribution is -0.142. The van der Waals surface area contributed by atoms with E-state index in [1.807, 2.05) is 30.5 Å². The summed E-state index contributed by atoms with van der Waals surface area (Å²) in [4.78, 5) is 69.3. The first kappa shape index (κ1) is 34.9. The van der Waals surface area contributed by atoms with Crippen LogP contribution in [0.1, 0.15) is 37.7 Å². The van der Waals surface area contributed by atoms with Gasteiger partial charge in [-0.3, -0.25) is 24.2 Å². The average molecular weight is 621 g/mol. The number of nitrogens with zero attached hydrogens (tertiary/aromatic N) is 1. The first-order valence-electron chi connectivity index (χ1n) is 13.6. The molecule has 1 aromatic carbocycles. The Bertz CT molecular complexity index is 1300. The second-order valence-electron chi connectivity index (χ2n) is 9.85. The lowest BCUT2D eigenvalue weighted by Crippen LogP contribution is -2.57. The number of amides is 3. The number of aliphatic imine (C=N–C) groups is 1. The van der Waals surface area contributed by atoms with Gasteiger partial charge in [-0.2, -0.15) is 11.8 Å². The number of guanidine groups is 1. The van der Waals surface area contributed by atoms with Crippen LogP contribution in [-0.4, -0.2) is 93.5 Å². The van der Waals surface area contributed by atoms with Crippen molar-refractivity contribution >= 4 is 58.3 Å². The van der Waals surface area contributed by atoms with Crippen molar-refractivity contribution < 1.29 is 34.2 Å². The number of carboxylic acids is 2. The van der Waals surface area contributed by atoms with E-state index in [-0.39, 0.29) is 51.0 Å². The van der Waals surface area contributed by atoms with Crippen LogP contribution in [0, 0.1) is 0 Å². The molecule has 43 heavy (non-hydrogen) atoms. The highest BCUT2D eigenvalue weighted by Crippen LogP contribution is 2.19. The molecular weight excluding hydrogens is 580 g/mol. The fraction of sp³-hybridized carbons (Fsp3) is 0.481. The molecule has 0 bridgehead atoms. The van der Waals surface area contributed by atoms with Gasteiger partial charge < -0.3 is 48.3 Å². The normalized spacial score (nSPS) is 13.7. The van der Waals surface area contributed by atoms with Crippen LogP contribution in [0.5, 0.6) is 0 Å². The number of nitrogens with one attached hydrogen (secondary N) is 4. The summed E-state index contributed by atoms with van der Waals surface area (Å²) in [7, 11) is 0. The number of H-pyrrole nitrogens is 1. The summed E-state index contributed by atoms with van der Waals surface area (Å²) in [6.45, 7) is 0.170. The maximum absolute atomic E-state index is 13.5. The second kappa shape index (κ2) is 17.6. The highest BCUT2D eigenvalue weighted by atomic mass is 32.2. The summed E-state index contributed by atoms with van der Waals surface area (Å²) in [6.07, 6.45) is 3.62. The van der Waals surface area contributed by atoms with E-state index in [4.69, 9.17) is 22.3 Å². The lowest BCUT2D eigenvalue weighted by Gasteiger charge is -2.25. The number of thioether (sulfide) groups is 1. The highest BCUT2D eigenvalue weighted by Gasteiger charge is 2.31. The van der Waals surface area contributed by atoms with E-state index in [0.29, 0.717) is 11.3 Å². The molecule has 0 aliphatic carbocycles. The molecule has 0 fully saturated rings. The van der Waals surface area contributed by atoms with Gasteiger partial charge >= 0.3 is 11.9 Å². The number of benzene rings is 1. The number of fused-ring (bicyclic) bond motifs is 1. The molecule has 15 nitrogen and oxygen atoms in total. The molecule has 236 valence electrons. The predicted octanol–water partition coefficient (Wildman–Crippen LogP) is -0.752. The van der Waals surface area contributed by atoms with Gasteiger partial charge in [0.1, 0.15) is 18.1 Å². The molecule has 1 heterocycles. The molecule has 2 rings (SSSR count). The average Bonchev–Trinajstić information content (AvgIpc) is 3.37. The molecule has 0 saturated heterocycles. The number of para-hydroxylation sites is 1. The molecule has 0 aliphatic heterocycles. The Morgan fingerprint density at radius 2 is 1.58 bits per heavy atom. The summed E-state index contributed by atoms with van der Waals surface area (Å²) in [5.41, 5.74) is 18.0. The number of rotatable bonds is 19. The molecule has 4 atom stereocenters. The van der Waals surface area contributed by atoms with E-state index >= 15 is 0 Å². The first-order valence-corrected chi connectivity index (χ1v) is 15.0. The van der Waals surface area contributed by atoms with Gasteiger partial charge in [0.2, 0.25) is 17.7 Å². The zero-order chi connectivity index (χ0) is 31.9. The van der Waals surface area contributed by atoms with Crippen molar-refractivity contribution in [2.24, 2.45) is 22.2 Å². The minimum atomic E-state index is -1.27. The van der Waals surface area contributed by atoms with Gasteiger partial charge in [0.15, 0.2) is 5.96 Å². The van der Waals surface area contributed by atoms with Gasteiger partial charge in [-0.15, -0.1) is 0 Å². The van der Waals surface area contributed by atoms with Gasteiger partial charge in [-0.25, -0.2) is 4.79 Å². The van der Waals surface area contributed by atoms with E-state index in [2.05, 4.69) is 25.9 Å². The maximum Gasteiger partial charge on any atom is 0.326 e. The number of carboxylic acid groups (broad SMARTS) is 2. The Morgan fingerprint density at radius 3 is 2.23 bits per heavy atom. The zero-order valence-corrected chi connectivity index (χ0v) is 24.7. The monoisotopic (exact) mass is 620 g/mol. The third-order valence-electron chi connectivity index (χ3n) is 6.54. The summed E-state index contributed by atoms with van der Waals surface area (Å²) in [6, 6.07) is 2.65. The quantitative estimate of drug-likeness (QED) is 0.0535. The SMILES string of the molecule is CSCCC(NC(=O)C(N)CCC(=O)O)C(=O)NC(Cc1c[nH]c2ccccc12)C(=O)NC(CCCN=C(N)N)C(=O)O. The number of aromatic amines is 1. The predicted molar refractivity (Wildman–Crippen MR) is 163 cm³/mol. The number of carbonyl (C=O) groups excluding carboxylic acids is 3. The molecule has 0 spiro atoms. The largest absolute Gasteiger partial charge is 0.481 e. The van der Waals surface area contributed by atoms with Crippen molar-refractivity contribution in [2.45, 2.75) is 62.7 Å². The van der Waals surface area contributed by atoms with Crippen molar-refractivity contribution in [3.8, 4) is 0 Å². The molecule has 12 N–H and O–H groups in total. The topological polar surface area (TPSA) is 268 Å². The summed E-state index contributed by atoms with van der Waals surface area (Å²) < 4.78 is 0. The fourth-order valence-electron chi connectivity index (χ4n) is 4.23. The number of aromatic nitrogens is 1. The third kappa shape index (κ3) is 11.8. The van der Waals surface area contributed by atoms with E-state index in [9.17, 15) is 29.1 Å². The number of nitrogens with two attached hydrogens (primary N) is 3. The number of hydrogen-bond donors (Lipinski definition) is 9. The second-order valence-corrected chi connectivity index (χ2v) is 10.8. The first-order chi connectivity index (χ1) is 20.4. The molecule has 0 radical (unpaired) electrons. The van der Waals surface area contributed by atoms with Crippen LogP contribution in [-0.2, 0) is 30.4 Å². The van der Waals surface area contributed by atoms with Gasteiger partial charge in [0, 0.05) is 36.5 Å². The molecule has 3 amide bonds. The Balaban J connectivity index is 2.27. The molecule has 4 unspecified atom stereocenters. The van der Waals surface area contributed by atoms with Crippen molar-refractivity contribution in [2.75, 3.05) is 18.6 Å². The Labute approximate surface area is 252 Å². The van der Waals surface area contributed by atoms with Crippen LogP contribution in [0.15, 0.2) is 35.5 Å². The van der Waals surface area contributed by atoms with Crippen molar-refractivity contribution in [3.05, 3.63) is 36.0 Å². The standard InChI is InChI=1S/C27H40N8O7S/c1-43-12-10-19(33-23(38)17(28)8-9-22(36)37)24(39)35-21(13-15-14-32-18-6-3-2-5-16(15)18)25(40)34-20(26(41)42)7-4-11-31-27(29)30/h2-3,5-6,14,17,19-21,32H,4,7-13,28H2,1H3,(H,33,38)(H,34,40)(H,35,39)(H,36,37)(H,41,42)(H4,29,30,31). The zero-order valence-electron chi connectivity index (χ0n) is 23.9. The van der Waals surface area contributed by atoms with Crippen LogP contribution in [0.3, 0.4) is 0 Å². The number of carbonyl (C=O) groups is 5. The molecule has 0 aliphatic rings. The van der Waals surface area contributed by atoms with Crippen molar-refractivity contribution in [3.63, 3.8) is 0 Å². The van der Waals surface area contributed by atoms with Crippen LogP contribution in [0.25, 0.3) is 10.9 Å². The smallest absolute Gasteiger partial charge is 0.326 e. The van der Waals surface area contributed by atoms with Gasteiger partial charge in [0.05, 0.1) is 6.04 Å². The van der Waals surface area contributed by atoms with Crippen LogP contribution in [0.4, 0.5) is 0 Å². The number of aliphatic carboxylic acids is 2. The van der Waals surface area contributed by atoms with Gasteiger partial charge in [0.25, 0.3) is 0 Å². The van der Waals surface area contributed by atoms with E-state index in [0.717, 1.165) is 10.9 Å². The lowest BCUT2D eigenvalue weighted by atomic mass is 10.0. The molecular formula is C27H40N8O7S. The summed E-state index contributed by atoms with van der Waals surface area (Å²) in [5, 5.41) is 27.2. The minimum absolute atomic E-state index is 0.0171. The van der Waals surface area contributed by atoms with Crippen molar-refractivity contribution in [1.82, 2.24) is 20.9 Å². The summed E-state index contributed by atoms with van der Waals surface area (Å²) >= 11 is 1.44. The maximum atomic E-state index is 13.5. The van der Waals surface area contributed by atoms with Gasteiger partial charge in [-0.05, 0) is 49.3 Å². The third-order valence-corrected chi connectivity index (χ3v) is 7.19. The Morgan fingerprint density at radius 1 is 0.930 bits per heavy atom.